The normalized spacial score (nSPS) is 22.0. The first-order chi connectivity index (χ1) is 13.4. The van der Waals surface area contributed by atoms with E-state index in [4.69, 9.17) is 4.74 Å². The SMILES string of the molecule is CCOc1ccc(S(=O)(=O)N2CCC[C@@H](C(=O)NC3CCCCC3)C2)cc1C. The Morgan fingerprint density at radius 1 is 1.18 bits per heavy atom. The largest absolute Gasteiger partial charge is 0.494 e. The van der Waals surface area contributed by atoms with Crippen molar-refractivity contribution in [2.75, 3.05) is 19.7 Å². The quantitative estimate of drug-likeness (QED) is 0.784. The highest BCUT2D eigenvalue weighted by molar-refractivity contribution is 7.89. The molecule has 0 aromatic heterocycles. The summed E-state index contributed by atoms with van der Waals surface area (Å²) in [5.41, 5.74) is 0.798. The fourth-order valence-corrected chi connectivity index (χ4v) is 5.80. The van der Waals surface area contributed by atoms with Crippen molar-refractivity contribution in [2.45, 2.75) is 69.7 Å². The van der Waals surface area contributed by atoms with Gasteiger partial charge in [-0.05, 0) is 63.3 Å². The summed E-state index contributed by atoms with van der Waals surface area (Å²) in [6, 6.07) is 5.22. The zero-order valence-corrected chi connectivity index (χ0v) is 17.8. The summed E-state index contributed by atoms with van der Waals surface area (Å²) in [6.07, 6.45) is 7.08. The maximum absolute atomic E-state index is 13.1. The van der Waals surface area contributed by atoms with Crippen molar-refractivity contribution in [3.8, 4) is 5.75 Å². The van der Waals surface area contributed by atoms with Crippen molar-refractivity contribution in [1.29, 1.82) is 0 Å². The van der Waals surface area contributed by atoms with Crippen LogP contribution in [0.1, 0.15) is 57.4 Å². The number of nitrogens with zero attached hydrogens (tertiary/aromatic N) is 1. The molecule has 0 radical (unpaired) electrons. The lowest BCUT2D eigenvalue weighted by molar-refractivity contribution is -0.127. The highest BCUT2D eigenvalue weighted by Gasteiger charge is 2.34. The van der Waals surface area contributed by atoms with Crippen molar-refractivity contribution < 1.29 is 17.9 Å². The van der Waals surface area contributed by atoms with Gasteiger partial charge in [0.2, 0.25) is 15.9 Å². The van der Waals surface area contributed by atoms with E-state index < -0.39 is 10.0 Å². The number of hydrogen-bond donors (Lipinski definition) is 1. The average Bonchev–Trinajstić information content (AvgIpc) is 2.70. The summed E-state index contributed by atoms with van der Waals surface area (Å²) in [5.74, 6) is 0.439. The molecule has 1 amide bonds. The van der Waals surface area contributed by atoms with E-state index in [1.807, 2.05) is 13.8 Å². The fraction of sp³-hybridized carbons (Fsp3) is 0.667. The highest BCUT2D eigenvalue weighted by Crippen LogP contribution is 2.28. The van der Waals surface area contributed by atoms with Crippen molar-refractivity contribution in [1.82, 2.24) is 9.62 Å². The molecular weight excluding hydrogens is 376 g/mol. The molecule has 1 heterocycles. The van der Waals surface area contributed by atoms with E-state index in [2.05, 4.69) is 5.32 Å². The van der Waals surface area contributed by atoms with Gasteiger partial charge in [0.1, 0.15) is 5.75 Å². The topological polar surface area (TPSA) is 75.7 Å². The third-order valence-corrected chi connectivity index (χ3v) is 7.65. The van der Waals surface area contributed by atoms with Crippen LogP contribution in [0, 0.1) is 12.8 Å². The van der Waals surface area contributed by atoms with Gasteiger partial charge < -0.3 is 10.1 Å². The van der Waals surface area contributed by atoms with E-state index in [0.717, 1.165) is 37.7 Å². The van der Waals surface area contributed by atoms with Gasteiger partial charge in [-0.1, -0.05) is 19.3 Å². The fourth-order valence-electron chi connectivity index (χ4n) is 4.19. The molecule has 1 N–H and O–H groups in total. The van der Waals surface area contributed by atoms with E-state index in [-0.39, 0.29) is 29.3 Å². The predicted molar refractivity (Wildman–Crippen MR) is 109 cm³/mol. The molecule has 2 fully saturated rings. The Labute approximate surface area is 168 Å². The van der Waals surface area contributed by atoms with Crippen LogP contribution < -0.4 is 10.1 Å². The maximum Gasteiger partial charge on any atom is 0.243 e. The standard InChI is InChI=1S/C21H32N2O4S/c1-3-27-20-12-11-19(14-16(20)2)28(25,26)23-13-7-8-17(15-23)21(24)22-18-9-5-4-6-10-18/h11-12,14,17-18H,3-10,13,15H2,1-2H3,(H,22,24)/t17-/m1/s1. The Bertz CT molecular complexity index is 788. The number of nitrogens with one attached hydrogen (secondary N) is 1. The minimum absolute atomic E-state index is 0.00896. The molecule has 1 aliphatic heterocycles. The van der Waals surface area contributed by atoms with Gasteiger partial charge in [0, 0.05) is 19.1 Å². The van der Waals surface area contributed by atoms with E-state index in [1.165, 1.54) is 10.7 Å². The van der Waals surface area contributed by atoms with Crippen LogP contribution in [0.2, 0.25) is 0 Å². The van der Waals surface area contributed by atoms with Gasteiger partial charge >= 0.3 is 0 Å². The van der Waals surface area contributed by atoms with Gasteiger partial charge in [-0.3, -0.25) is 4.79 Å². The van der Waals surface area contributed by atoms with Crippen LogP contribution in [0.15, 0.2) is 23.1 Å². The molecule has 3 rings (SSSR count). The molecule has 1 saturated carbocycles. The number of aryl methyl sites for hydroxylation is 1. The van der Waals surface area contributed by atoms with Gasteiger partial charge in [0.25, 0.3) is 0 Å². The molecule has 1 aromatic carbocycles. The van der Waals surface area contributed by atoms with Crippen LogP contribution in [-0.2, 0) is 14.8 Å². The molecule has 1 saturated heterocycles. The monoisotopic (exact) mass is 408 g/mol. The number of hydrogen-bond acceptors (Lipinski definition) is 4. The zero-order valence-electron chi connectivity index (χ0n) is 16.9. The molecule has 2 aliphatic rings. The number of sulfonamides is 1. The number of carbonyl (C=O) groups excluding carboxylic acids is 1. The summed E-state index contributed by atoms with van der Waals surface area (Å²) in [7, 11) is -3.62. The zero-order chi connectivity index (χ0) is 20.1. The second-order valence-corrected chi connectivity index (χ2v) is 9.84. The van der Waals surface area contributed by atoms with Crippen molar-refractivity contribution in [3.63, 3.8) is 0 Å². The van der Waals surface area contributed by atoms with Crippen LogP contribution in [-0.4, -0.2) is 44.4 Å². The summed E-state index contributed by atoms with van der Waals surface area (Å²) >= 11 is 0. The Morgan fingerprint density at radius 3 is 2.61 bits per heavy atom. The van der Waals surface area contributed by atoms with Gasteiger partial charge in [-0.15, -0.1) is 0 Å². The molecule has 0 spiro atoms. The smallest absolute Gasteiger partial charge is 0.243 e. The van der Waals surface area contributed by atoms with E-state index >= 15 is 0 Å². The number of piperidine rings is 1. The van der Waals surface area contributed by atoms with Gasteiger partial charge in [0.05, 0.1) is 17.4 Å². The molecule has 7 heteroatoms. The Hall–Kier alpha value is -1.60. The van der Waals surface area contributed by atoms with Crippen molar-refractivity contribution in [2.24, 2.45) is 5.92 Å². The minimum atomic E-state index is -3.62. The average molecular weight is 409 g/mol. The van der Waals surface area contributed by atoms with Gasteiger partial charge in [0.15, 0.2) is 0 Å². The van der Waals surface area contributed by atoms with Crippen LogP contribution >= 0.6 is 0 Å². The third kappa shape index (κ3) is 4.87. The lowest BCUT2D eigenvalue weighted by Crippen LogP contribution is -2.47. The number of ether oxygens (including phenoxy) is 1. The summed E-state index contributed by atoms with van der Waals surface area (Å²) in [6.45, 7) is 5.00. The van der Waals surface area contributed by atoms with Crippen molar-refractivity contribution in [3.05, 3.63) is 23.8 Å². The number of carbonyl (C=O) groups is 1. The molecule has 0 bridgehead atoms. The Morgan fingerprint density at radius 2 is 1.93 bits per heavy atom. The molecule has 156 valence electrons. The molecular formula is C21H32N2O4S. The third-order valence-electron chi connectivity index (χ3n) is 5.79. The van der Waals surface area contributed by atoms with Crippen LogP contribution in [0.5, 0.6) is 5.75 Å². The first-order valence-electron chi connectivity index (χ1n) is 10.5. The highest BCUT2D eigenvalue weighted by atomic mass is 32.2. The second kappa shape index (κ2) is 9.27. The van der Waals surface area contributed by atoms with E-state index in [9.17, 15) is 13.2 Å². The van der Waals surface area contributed by atoms with Crippen LogP contribution in [0.25, 0.3) is 0 Å². The summed E-state index contributed by atoms with van der Waals surface area (Å²) in [5, 5.41) is 3.15. The first-order valence-corrected chi connectivity index (χ1v) is 11.9. The lowest BCUT2D eigenvalue weighted by Gasteiger charge is -2.33. The second-order valence-electron chi connectivity index (χ2n) is 7.91. The summed E-state index contributed by atoms with van der Waals surface area (Å²) in [4.78, 5) is 13.0. The van der Waals surface area contributed by atoms with E-state index in [1.54, 1.807) is 18.2 Å². The Balaban J connectivity index is 1.68. The van der Waals surface area contributed by atoms with Crippen LogP contribution in [0.4, 0.5) is 0 Å². The Kier molecular flexibility index (Phi) is 6.99. The molecule has 6 nitrogen and oxygen atoms in total. The molecule has 28 heavy (non-hydrogen) atoms. The van der Waals surface area contributed by atoms with Crippen LogP contribution in [0.3, 0.4) is 0 Å². The number of benzene rings is 1. The van der Waals surface area contributed by atoms with Gasteiger partial charge in [-0.25, -0.2) is 8.42 Å². The first kappa shape index (κ1) is 21.1. The predicted octanol–water partition coefficient (Wildman–Crippen LogP) is 3.24. The van der Waals surface area contributed by atoms with Gasteiger partial charge in [-0.2, -0.15) is 4.31 Å². The molecule has 0 unspecified atom stereocenters. The van der Waals surface area contributed by atoms with E-state index in [0.29, 0.717) is 25.3 Å². The van der Waals surface area contributed by atoms with Crippen molar-refractivity contribution >= 4 is 15.9 Å². The molecule has 1 aromatic rings. The number of rotatable bonds is 6. The molecule has 1 atom stereocenters. The molecule has 1 aliphatic carbocycles. The maximum atomic E-state index is 13.1. The number of amides is 1. The minimum Gasteiger partial charge on any atom is -0.494 e. The summed E-state index contributed by atoms with van der Waals surface area (Å²) < 4.78 is 33.2. The lowest BCUT2D eigenvalue weighted by atomic mass is 9.93.